The van der Waals surface area contributed by atoms with Gasteiger partial charge < -0.3 is 9.67 Å². The first-order valence-corrected chi connectivity index (χ1v) is 4.92. The van der Waals surface area contributed by atoms with Gasteiger partial charge in [-0.05, 0) is 19.1 Å². The van der Waals surface area contributed by atoms with Crippen molar-refractivity contribution in [2.75, 3.05) is 0 Å². The van der Waals surface area contributed by atoms with Crippen LogP contribution in [0.1, 0.15) is 5.56 Å². The molecule has 0 radical (unpaired) electrons. The molecule has 2 aromatic rings. The summed E-state index contributed by atoms with van der Waals surface area (Å²) < 4.78 is 1.64. The van der Waals surface area contributed by atoms with Crippen LogP contribution in [0, 0.1) is 6.92 Å². The molecule has 1 heterocycles. The molecule has 1 N–H and O–H groups in total. The zero-order valence-electron chi connectivity index (χ0n) is 8.20. The molecule has 1 aromatic carbocycles. The Balaban J connectivity index is 2.62. The van der Waals surface area contributed by atoms with Gasteiger partial charge in [-0.2, -0.15) is 0 Å². The van der Waals surface area contributed by atoms with E-state index in [9.17, 15) is 4.79 Å². The number of fused-ring (bicyclic) bond motifs is 1. The third-order valence-electron chi connectivity index (χ3n) is 2.29. The molecule has 15 heavy (non-hydrogen) atoms. The van der Waals surface area contributed by atoms with E-state index in [0.717, 1.165) is 16.5 Å². The fourth-order valence-electron chi connectivity index (χ4n) is 1.64. The van der Waals surface area contributed by atoms with Crippen LogP contribution < -0.4 is 0 Å². The highest BCUT2D eigenvalue weighted by Crippen LogP contribution is 2.26. The summed E-state index contributed by atoms with van der Waals surface area (Å²) in [4.78, 5) is 10.6. The minimum atomic E-state index is -0.871. The number of hydrogen-bond acceptors (Lipinski definition) is 1. The molecule has 0 aliphatic carbocycles. The molecule has 0 unspecified atom stereocenters. The average Bonchev–Trinajstić information content (AvgIpc) is 2.42. The molecule has 2 rings (SSSR count). The smallest absolute Gasteiger partial charge is 0.323 e. The number of benzene rings is 1. The van der Waals surface area contributed by atoms with Crippen LogP contribution in [0.3, 0.4) is 0 Å². The van der Waals surface area contributed by atoms with Gasteiger partial charge in [0.15, 0.2) is 0 Å². The number of aliphatic carboxylic acids is 1. The van der Waals surface area contributed by atoms with Crippen LogP contribution in [-0.4, -0.2) is 15.6 Å². The van der Waals surface area contributed by atoms with Gasteiger partial charge in [-0.1, -0.05) is 23.2 Å². The van der Waals surface area contributed by atoms with Gasteiger partial charge in [-0.15, -0.1) is 0 Å². The Labute approximate surface area is 91.9 Å². The van der Waals surface area contributed by atoms with Gasteiger partial charge in [0.25, 0.3) is 0 Å². The largest absolute Gasteiger partial charge is 0.480 e. The van der Waals surface area contributed by atoms with Crippen LogP contribution in [-0.2, 0) is 11.3 Å². The Morgan fingerprint density at radius 2 is 2.27 bits per heavy atom. The lowest BCUT2D eigenvalue weighted by molar-refractivity contribution is -0.137. The molecular formula is C11H10ClNO2. The molecule has 4 heteroatoms. The summed E-state index contributed by atoms with van der Waals surface area (Å²) in [7, 11) is 0. The Bertz CT molecular complexity index is 531. The molecular weight excluding hydrogens is 214 g/mol. The van der Waals surface area contributed by atoms with Crippen LogP contribution in [0.2, 0.25) is 5.02 Å². The molecule has 3 nitrogen and oxygen atoms in total. The van der Waals surface area contributed by atoms with Crippen LogP contribution in [0.4, 0.5) is 0 Å². The monoisotopic (exact) mass is 223 g/mol. The highest BCUT2D eigenvalue weighted by molar-refractivity contribution is 6.35. The van der Waals surface area contributed by atoms with Gasteiger partial charge in [-0.3, -0.25) is 4.79 Å². The molecule has 0 fully saturated rings. The number of rotatable bonds is 2. The average molecular weight is 224 g/mol. The van der Waals surface area contributed by atoms with Gasteiger partial charge in [0.1, 0.15) is 6.54 Å². The van der Waals surface area contributed by atoms with Crippen molar-refractivity contribution in [3.8, 4) is 0 Å². The SMILES string of the molecule is Cc1ccc2c(c1)c(Cl)cn2CC(=O)O. The summed E-state index contributed by atoms with van der Waals surface area (Å²) in [6.45, 7) is 1.91. The van der Waals surface area contributed by atoms with E-state index in [-0.39, 0.29) is 6.54 Å². The number of carbonyl (C=O) groups is 1. The summed E-state index contributed by atoms with van der Waals surface area (Å²) in [5.41, 5.74) is 1.96. The fourth-order valence-corrected chi connectivity index (χ4v) is 1.91. The molecule has 0 atom stereocenters. The first kappa shape index (κ1) is 10.1. The third kappa shape index (κ3) is 1.83. The van der Waals surface area contributed by atoms with Gasteiger partial charge in [0.2, 0.25) is 0 Å². The fraction of sp³-hybridized carbons (Fsp3) is 0.182. The highest BCUT2D eigenvalue weighted by Gasteiger charge is 2.08. The normalized spacial score (nSPS) is 10.8. The first-order valence-electron chi connectivity index (χ1n) is 4.55. The van der Waals surface area contributed by atoms with E-state index < -0.39 is 5.97 Å². The number of carboxylic acids is 1. The molecule has 0 bridgehead atoms. The van der Waals surface area contributed by atoms with E-state index in [0.29, 0.717) is 5.02 Å². The number of halogens is 1. The zero-order chi connectivity index (χ0) is 11.0. The second-order valence-corrected chi connectivity index (χ2v) is 3.93. The van der Waals surface area contributed by atoms with E-state index in [4.69, 9.17) is 16.7 Å². The summed E-state index contributed by atoms with van der Waals surface area (Å²) in [5.74, 6) is -0.871. The third-order valence-corrected chi connectivity index (χ3v) is 2.59. The van der Waals surface area contributed by atoms with Crippen LogP contribution in [0.15, 0.2) is 24.4 Å². The second-order valence-electron chi connectivity index (χ2n) is 3.52. The number of carboxylic acid groups (broad SMARTS) is 1. The molecule has 0 aliphatic rings. The van der Waals surface area contributed by atoms with Crippen molar-refractivity contribution in [2.24, 2.45) is 0 Å². The van der Waals surface area contributed by atoms with Crippen molar-refractivity contribution < 1.29 is 9.90 Å². The van der Waals surface area contributed by atoms with E-state index in [1.165, 1.54) is 0 Å². The molecule has 78 valence electrons. The van der Waals surface area contributed by atoms with Crippen LogP contribution in [0.5, 0.6) is 0 Å². The van der Waals surface area contributed by atoms with E-state index >= 15 is 0 Å². The number of aromatic nitrogens is 1. The molecule has 0 saturated heterocycles. The van der Waals surface area contributed by atoms with Crippen molar-refractivity contribution >= 4 is 28.5 Å². The summed E-state index contributed by atoms with van der Waals surface area (Å²) in [6, 6.07) is 5.78. The number of nitrogens with zero attached hydrogens (tertiary/aromatic N) is 1. The summed E-state index contributed by atoms with van der Waals surface area (Å²) in [6.07, 6.45) is 1.65. The Hall–Kier alpha value is -1.48. The molecule has 0 spiro atoms. The van der Waals surface area contributed by atoms with Crippen molar-refractivity contribution in [2.45, 2.75) is 13.5 Å². The highest BCUT2D eigenvalue weighted by atomic mass is 35.5. The lowest BCUT2D eigenvalue weighted by Gasteiger charge is -2.00. The predicted octanol–water partition coefficient (Wildman–Crippen LogP) is 2.69. The van der Waals surface area contributed by atoms with Crippen LogP contribution >= 0.6 is 11.6 Å². The van der Waals surface area contributed by atoms with E-state index in [1.54, 1.807) is 10.8 Å². The Kier molecular flexibility index (Phi) is 2.40. The molecule has 0 amide bonds. The van der Waals surface area contributed by atoms with Crippen molar-refractivity contribution in [1.82, 2.24) is 4.57 Å². The van der Waals surface area contributed by atoms with Gasteiger partial charge in [0, 0.05) is 11.6 Å². The molecule has 0 saturated carbocycles. The minimum Gasteiger partial charge on any atom is -0.480 e. The lowest BCUT2D eigenvalue weighted by atomic mass is 10.2. The van der Waals surface area contributed by atoms with E-state index in [2.05, 4.69) is 0 Å². The van der Waals surface area contributed by atoms with Crippen molar-refractivity contribution in [3.63, 3.8) is 0 Å². The summed E-state index contributed by atoms with van der Waals surface area (Å²) in [5, 5.41) is 10.2. The predicted molar refractivity (Wildman–Crippen MR) is 59.3 cm³/mol. The maximum Gasteiger partial charge on any atom is 0.323 e. The van der Waals surface area contributed by atoms with E-state index in [1.807, 2.05) is 25.1 Å². The summed E-state index contributed by atoms with van der Waals surface area (Å²) >= 11 is 6.02. The quantitative estimate of drug-likeness (QED) is 0.851. The Morgan fingerprint density at radius 1 is 1.53 bits per heavy atom. The van der Waals surface area contributed by atoms with Gasteiger partial charge in [0.05, 0.1) is 10.5 Å². The maximum absolute atomic E-state index is 10.6. The molecule has 0 aliphatic heterocycles. The van der Waals surface area contributed by atoms with Gasteiger partial charge in [-0.25, -0.2) is 0 Å². The first-order chi connectivity index (χ1) is 7.08. The van der Waals surface area contributed by atoms with Gasteiger partial charge >= 0.3 is 5.97 Å². The Morgan fingerprint density at radius 3 is 2.93 bits per heavy atom. The maximum atomic E-state index is 10.6. The second kappa shape index (κ2) is 3.59. The lowest BCUT2D eigenvalue weighted by Crippen LogP contribution is -2.07. The topological polar surface area (TPSA) is 42.2 Å². The van der Waals surface area contributed by atoms with Crippen LogP contribution in [0.25, 0.3) is 10.9 Å². The molecule has 1 aromatic heterocycles. The van der Waals surface area contributed by atoms with Crippen molar-refractivity contribution in [1.29, 1.82) is 0 Å². The number of hydrogen-bond donors (Lipinski definition) is 1. The standard InChI is InChI=1S/C11H10ClNO2/c1-7-2-3-10-8(4-7)9(12)5-13(10)6-11(14)15/h2-5H,6H2,1H3,(H,14,15). The minimum absolute atomic E-state index is 0.0632. The zero-order valence-corrected chi connectivity index (χ0v) is 8.95. The number of aryl methyl sites for hydroxylation is 1. The van der Waals surface area contributed by atoms with Crippen molar-refractivity contribution in [3.05, 3.63) is 35.0 Å².